The predicted octanol–water partition coefficient (Wildman–Crippen LogP) is 2.45. The number of halogens is 1. The summed E-state index contributed by atoms with van der Waals surface area (Å²) in [5.74, 6) is 5.13. The molecule has 1 saturated carbocycles. The van der Waals surface area contributed by atoms with Gasteiger partial charge in [0.25, 0.3) is 5.56 Å². The standard InChI is InChI=1S/C22H20FN5O3S/c1-31-20-18(16-8-7-15(32-16)14-4-2-3-12(9-24)26-14)13(23)10-27-19(20)17(11-5-6-11)21(29)28(25)22(27)30/h2-4,7-8,10-11H,5-6,9,24-25H2,1H3. The second-order valence-electron chi connectivity index (χ2n) is 7.63. The van der Waals surface area contributed by atoms with E-state index in [-0.39, 0.29) is 22.7 Å². The Morgan fingerprint density at radius 1 is 1.22 bits per heavy atom. The van der Waals surface area contributed by atoms with Crippen molar-refractivity contribution in [2.75, 3.05) is 13.0 Å². The minimum atomic E-state index is -0.826. The molecule has 0 saturated heterocycles. The maximum absolute atomic E-state index is 15.4. The lowest BCUT2D eigenvalue weighted by molar-refractivity contribution is 0.415. The summed E-state index contributed by atoms with van der Waals surface area (Å²) in [6, 6.07) is 9.18. The molecule has 1 aliphatic carbocycles. The maximum atomic E-state index is 15.4. The highest BCUT2D eigenvalue weighted by Crippen LogP contribution is 2.46. The summed E-state index contributed by atoms with van der Waals surface area (Å²) in [4.78, 5) is 31.4. The molecule has 0 aliphatic heterocycles. The summed E-state index contributed by atoms with van der Waals surface area (Å²) in [5.41, 5.74) is 6.59. The van der Waals surface area contributed by atoms with Crippen LogP contribution in [0.3, 0.4) is 0 Å². The van der Waals surface area contributed by atoms with Crippen molar-refractivity contribution < 1.29 is 9.13 Å². The van der Waals surface area contributed by atoms with Crippen molar-refractivity contribution in [3.05, 3.63) is 74.4 Å². The Morgan fingerprint density at radius 2 is 1.97 bits per heavy atom. The number of pyridine rings is 2. The van der Waals surface area contributed by atoms with E-state index in [1.54, 1.807) is 6.07 Å². The summed E-state index contributed by atoms with van der Waals surface area (Å²) in [6.07, 6.45) is 2.66. The highest BCUT2D eigenvalue weighted by Gasteiger charge is 2.33. The van der Waals surface area contributed by atoms with Crippen LogP contribution < -0.4 is 27.6 Å². The Kier molecular flexibility index (Phi) is 4.83. The van der Waals surface area contributed by atoms with Gasteiger partial charge in [0, 0.05) is 11.4 Å². The van der Waals surface area contributed by atoms with E-state index in [9.17, 15) is 9.59 Å². The number of fused-ring (bicyclic) bond motifs is 1. The first-order chi connectivity index (χ1) is 15.4. The van der Waals surface area contributed by atoms with Crippen LogP contribution in [0.1, 0.15) is 30.0 Å². The van der Waals surface area contributed by atoms with E-state index < -0.39 is 17.1 Å². The average Bonchev–Trinajstić information content (AvgIpc) is 3.52. The molecule has 0 atom stereocenters. The third kappa shape index (κ3) is 3.10. The molecular weight excluding hydrogens is 433 g/mol. The monoisotopic (exact) mass is 453 g/mol. The summed E-state index contributed by atoms with van der Waals surface area (Å²) in [7, 11) is 1.40. The molecule has 8 nitrogen and oxygen atoms in total. The lowest BCUT2D eigenvalue weighted by Gasteiger charge is -2.16. The fourth-order valence-electron chi connectivity index (χ4n) is 3.92. The number of thiophene rings is 1. The fraction of sp³-hybridized carbons (Fsp3) is 0.227. The molecular formula is C22H20FN5O3S. The molecule has 0 unspecified atom stereocenters. The number of rotatable bonds is 5. The molecule has 1 aliphatic rings. The van der Waals surface area contributed by atoms with E-state index in [0.717, 1.165) is 39.7 Å². The van der Waals surface area contributed by atoms with Gasteiger partial charge in [0.05, 0.1) is 40.7 Å². The molecule has 5 rings (SSSR count). The topological polar surface area (TPSA) is 118 Å². The van der Waals surface area contributed by atoms with E-state index in [0.29, 0.717) is 21.7 Å². The minimum Gasteiger partial charge on any atom is -0.494 e. The first-order valence-corrected chi connectivity index (χ1v) is 10.9. The van der Waals surface area contributed by atoms with Crippen LogP contribution in [0.4, 0.5) is 4.39 Å². The first kappa shape index (κ1) is 20.4. The molecule has 4 heterocycles. The summed E-state index contributed by atoms with van der Waals surface area (Å²) in [6.45, 7) is 0.316. The van der Waals surface area contributed by atoms with Gasteiger partial charge in [-0.25, -0.2) is 9.18 Å². The SMILES string of the molecule is COc1c(-c2ccc(-c3cccc(CN)n3)s2)c(F)cn2c(=O)n(N)c(=O)c(C3CC3)c12. The van der Waals surface area contributed by atoms with Gasteiger partial charge in [0.2, 0.25) is 0 Å². The molecule has 0 aromatic carbocycles. The van der Waals surface area contributed by atoms with Gasteiger partial charge in [-0.15, -0.1) is 11.3 Å². The number of methoxy groups -OCH3 is 1. The van der Waals surface area contributed by atoms with Crippen LogP contribution >= 0.6 is 11.3 Å². The zero-order chi connectivity index (χ0) is 22.6. The molecule has 0 amide bonds. The third-order valence-electron chi connectivity index (χ3n) is 5.59. The zero-order valence-electron chi connectivity index (χ0n) is 17.2. The fourth-order valence-corrected chi connectivity index (χ4v) is 4.94. The molecule has 1 fully saturated rings. The van der Waals surface area contributed by atoms with Gasteiger partial charge >= 0.3 is 5.69 Å². The zero-order valence-corrected chi connectivity index (χ0v) is 18.0. The second kappa shape index (κ2) is 7.57. The molecule has 4 N–H and O–H groups in total. The summed E-state index contributed by atoms with van der Waals surface area (Å²) in [5, 5.41) is 0. The van der Waals surface area contributed by atoms with Gasteiger partial charge in [0.15, 0.2) is 11.6 Å². The van der Waals surface area contributed by atoms with Crippen molar-refractivity contribution in [2.45, 2.75) is 25.3 Å². The molecule has 10 heteroatoms. The van der Waals surface area contributed by atoms with Crippen LogP contribution in [0, 0.1) is 5.82 Å². The minimum absolute atomic E-state index is 0.0396. The van der Waals surface area contributed by atoms with Gasteiger partial charge < -0.3 is 16.3 Å². The maximum Gasteiger partial charge on any atom is 0.354 e. The van der Waals surface area contributed by atoms with Crippen molar-refractivity contribution in [2.24, 2.45) is 5.73 Å². The average molecular weight is 453 g/mol. The van der Waals surface area contributed by atoms with Gasteiger partial charge in [0.1, 0.15) is 5.52 Å². The highest BCUT2D eigenvalue weighted by atomic mass is 32.1. The lowest BCUT2D eigenvalue weighted by Crippen LogP contribution is -2.44. The molecule has 164 valence electrons. The van der Waals surface area contributed by atoms with Gasteiger partial charge in [-0.3, -0.25) is 14.2 Å². The van der Waals surface area contributed by atoms with Crippen LogP contribution in [0.25, 0.3) is 26.5 Å². The Labute approximate surface area is 185 Å². The van der Waals surface area contributed by atoms with Gasteiger partial charge in [-0.05, 0) is 43.0 Å². The molecule has 4 aromatic heterocycles. The van der Waals surface area contributed by atoms with E-state index in [2.05, 4.69) is 4.98 Å². The van der Waals surface area contributed by atoms with E-state index in [1.165, 1.54) is 18.4 Å². The summed E-state index contributed by atoms with van der Waals surface area (Å²) >= 11 is 1.33. The lowest BCUT2D eigenvalue weighted by atomic mass is 10.1. The van der Waals surface area contributed by atoms with Crippen molar-refractivity contribution in [1.29, 1.82) is 0 Å². The summed E-state index contributed by atoms with van der Waals surface area (Å²) < 4.78 is 22.5. The number of nitrogens with two attached hydrogens (primary N) is 2. The number of aromatic nitrogens is 3. The van der Waals surface area contributed by atoms with Crippen LogP contribution in [0.2, 0.25) is 0 Å². The number of nitrogen functional groups attached to an aromatic ring is 1. The molecule has 4 aromatic rings. The van der Waals surface area contributed by atoms with Crippen molar-refractivity contribution in [3.8, 4) is 26.8 Å². The molecule has 32 heavy (non-hydrogen) atoms. The van der Waals surface area contributed by atoms with Gasteiger partial charge in [-0.1, -0.05) is 6.07 Å². The second-order valence-corrected chi connectivity index (χ2v) is 8.72. The van der Waals surface area contributed by atoms with E-state index in [1.807, 2.05) is 24.3 Å². The van der Waals surface area contributed by atoms with Crippen molar-refractivity contribution in [1.82, 2.24) is 14.1 Å². The van der Waals surface area contributed by atoms with Crippen molar-refractivity contribution >= 4 is 16.9 Å². The number of nitrogens with zero attached hydrogens (tertiary/aromatic N) is 3. The predicted molar refractivity (Wildman–Crippen MR) is 121 cm³/mol. The number of ether oxygens (including phenoxy) is 1. The van der Waals surface area contributed by atoms with E-state index in [4.69, 9.17) is 16.3 Å². The Morgan fingerprint density at radius 3 is 2.66 bits per heavy atom. The third-order valence-corrected chi connectivity index (χ3v) is 6.72. The van der Waals surface area contributed by atoms with Gasteiger partial charge in [-0.2, -0.15) is 4.68 Å². The van der Waals surface area contributed by atoms with Crippen LogP contribution in [0.15, 0.2) is 46.1 Å². The largest absolute Gasteiger partial charge is 0.494 e. The van der Waals surface area contributed by atoms with Crippen LogP contribution in [0.5, 0.6) is 5.75 Å². The number of hydrogen-bond acceptors (Lipinski definition) is 7. The van der Waals surface area contributed by atoms with E-state index >= 15 is 4.39 Å². The molecule has 0 bridgehead atoms. The smallest absolute Gasteiger partial charge is 0.354 e. The van der Waals surface area contributed by atoms with Crippen LogP contribution in [-0.4, -0.2) is 21.2 Å². The Hall–Kier alpha value is -3.50. The van der Waals surface area contributed by atoms with Crippen molar-refractivity contribution in [3.63, 3.8) is 0 Å². The number of hydrogen-bond donors (Lipinski definition) is 2. The highest BCUT2D eigenvalue weighted by molar-refractivity contribution is 7.18. The molecule has 0 spiro atoms. The quantitative estimate of drug-likeness (QED) is 0.448. The Balaban J connectivity index is 1.77. The Bertz CT molecular complexity index is 1490. The van der Waals surface area contributed by atoms with Crippen LogP contribution in [-0.2, 0) is 6.54 Å². The first-order valence-electron chi connectivity index (χ1n) is 10.0. The molecule has 0 radical (unpaired) electrons. The normalized spacial score (nSPS) is 13.6.